The van der Waals surface area contributed by atoms with Crippen LogP contribution >= 0.6 is 22.9 Å². The monoisotopic (exact) mass is 471 g/mol. The number of hydrogen-bond acceptors (Lipinski definition) is 5. The number of benzene rings is 2. The van der Waals surface area contributed by atoms with Gasteiger partial charge in [-0.3, -0.25) is 0 Å². The first kappa shape index (κ1) is 22.1. The normalized spacial score (nSPS) is 15.2. The van der Waals surface area contributed by atoms with Crippen molar-refractivity contribution in [2.75, 3.05) is 19.7 Å². The molecule has 2 amide bonds. The van der Waals surface area contributed by atoms with Crippen molar-refractivity contribution in [1.29, 1.82) is 0 Å². The number of nitrogens with one attached hydrogen (secondary N) is 1. The fourth-order valence-corrected chi connectivity index (χ4v) is 4.93. The smallest absolute Gasteiger partial charge is 0.341 e. The van der Waals surface area contributed by atoms with E-state index in [1.165, 1.54) is 11.3 Å². The molecular weight excluding hydrogens is 450 g/mol. The molecule has 7 nitrogen and oxygen atoms in total. The summed E-state index contributed by atoms with van der Waals surface area (Å²) in [5.74, 6) is -0.700. The van der Waals surface area contributed by atoms with Crippen LogP contribution in [0.25, 0.3) is 0 Å². The lowest BCUT2D eigenvalue weighted by Crippen LogP contribution is -2.46. The molecule has 0 spiro atoms. The number of fused-ring (bicyclic) bond motifs is 1. The summed E-state index contributed by atoms with van der Waals surface area (Å²) >= 11 is 7.74. The Hall–Kier alpha value is -3.10. The van der Waals surface area contributed by atoms with Crippen LogP contribution in [0.5, 0.6) is 5.75 Å². The van der Waals surface area contributed by atoms with Gasteiger partial charge in [-0.1, -0.05) is 41.9 Å². The first-order valence-corrected chi connectivity index (χ1v) is 11.4. The number of urea groups is 1. The Labute approximate surface area is 194 Å². The largest absolute Gasteiger partial charge is 0.482 e. The van der Waals surface area contributed by atoms with Gasteiger partial charge in [-0.25, -0.2) is 14.6 Å². The van der Waals surface area contributed by atoms with Crippen molar-refractivity contribution in [2.24, 2.45) is 0 Å². The second kappa shape index (κ2) is 10.0. The van der Waals surface area contributed by atoms with Crippen LogP contribution in [0.3, 0.4) is 0 Å². The number of aliphatic carboxylic acids is 1. The van der Waals surface area contributed by atoms with E-state index < -0.39 is 18.6 Å². The van der Waals surface area contributed by atoms with Crippen molar-refractivity contribution < 1.29 is 19.4 Å². The minimum Gasteiger partial charge on any atom is -0.482 e. The van der Waals surface area contributed by atoms with Gasteiger partial charge in [-0.15, -0.1) is 11.3 Å². The number of rotatable bonds is 7. The molecule has 9 heteroatoms. The first-order chi connectivity index (χ1) is 15.5. The maximum atomic E-state index is 13.2. The van der Waals surface area contributed by atoms with Gasteiger partial charge in [0.25, 0.3) is 0 Å². The molecule has 4 rings (SSSR count). The molecule has 0 bridgehead atoms. The number of thiazole rings is 1. The second-order valence-electron chi connectivity index (χ2n) is 7.34. The van der Waals surface area contributed by atoms with Crippen molar-refractivity contribution in [1.82, 2.24) is 15.2 Å². The summed E-state index contributed by atoms with van der Waals surface area (Å²) in [6.45, 7) is 0.489. The standard InChI is InChI=1S/C23H22ClN3O4S/c24-16-6-7-19(31-13-20(28)29)17(12-16)21-22-18(26-14-32-22)9-11-27(21)23(30)25-10-8-15-4-2-1-3-5-15/h1-7,12,14,21H,8-11,13H2,(H,25,30)(H,28,29). The lowest BCUT2D eigenvalue weighted by atomic mass is 9.97. The van der Waals surface area contributed by atoms with Gasteiger partial charge in [-0.05, 0) is 30.2 Å². The number of aromatic nitrogens is 1. The average molecular weight is 472 g/mol. The van der Waals surface area contributed by atoms with E-state index in [-0.39, 0.29) is 6.03 Å². The van der Waals surface area contributed by atoms with Gasteiger partial charge in [0.1, 0.15) is 5.75 Å². The summed E-state index contributed by atoms with van der Waals surface area (Å²) < 4.78 is 5.53. The molecule has 166 valence electrons. The van der Waals surface area contributed by atoms with E-state index in [2.05, 4.69) is 10.3 Å². The van der Waals surface area contributed by atoms with Crippen LogP contribution in [-0.4, -0.2) is 46.7 Å². The molecule has 2 heterocycles. The zero-order valence-corrected chi connectivity index (χ0v) is 18.7. The van der Waals surface area contributed by atoms with Crippen molar-refractivity contribution in [3.05, 3.63) is 80.8 Å². The van der Waals surface area contributed by atoms with Crippen LogP contribution in [0.2, 0.25) is 5.02 Å². The van der Waals surface area contributed by atoms with Gasteiger partial charge in [-0.2, -0.15) is 0 Å². The van der Waals surface area contributed by atoms with E-state index >= 15 is 0 Å². The Balaban J connectivity index is 1.60. The minimum absolute atomic E-state index is 0.200. The number of halogens is 1. The molecule has 0 aliphatic carbocycles. The lowest BCUT2D eigenvalue weighted by Gasteiger charge is -2.36. The fourth-order valence-electron chi connectivity index (χ4n) is 3.78. The number of carbonyl (C=O) groups is 2. The third-order valence-electron chi connectivity index (χ3n) is 5.23. The Morgan fingerprint density at radius 2 is 2.06 bits per heavy atom. The van der Waals surface area contributed by atoms with Gasteiger partial charge in [0, 0.05) is 30.1 Å². The molecular formula is C23H22ClN3O4S. The predicted octanol–water partition coefficient (Wildman–Crippen LogP) is 4.16. The molecule has 0 saturated heterocycles. The molecule has 0 fully saturated rings. The zero-order chi connectivity index (χ0) is 22.5. The van der Waals surface area contributed by atoms with E-state index in [0.29, 0.717) is 35.8 Å². The highest BCUT2D eigenvalue weighted by molar-refractivity contribution is 7.09. The van der Waals surface area contributed by atoms with E-state index in [1.807, 2.05) is 30.3 Å². The highest BCUT2D eigenvalue weighted by atomic mass is 35.5. The Morgan fingerprint density at radius 3 is 2.84 bits per heavy atom. The quantitative estimate of drug-likeness (QED) is 0.540. The van der Waals surface area contributed by atoms with Crippen LogP contribution < -0.4 is 10.1 Å². The van der Waals surface area contributed by atoms with Crippen LogP contribution in [0.1, 0.15) is 27.7 Å². The van der Waals surface area contributed by atoms with Gasteiger partial charge < -0.3 is 20.1 Å². The summed E-state index contributed by atoms with van der Waals surface area (Å²) in [6.07, 6.45) is 1.37. The first-order valence-electron chi connectivity index (χ1n) is 10.2. The van der Waals surface area contributed by atoms with Crippen LogP contribution in [0.4, 0.5) is 4.79 Å². The van der Waals surface area contributed by atoms with Crippen LogP contribution in [-0.2, 0) is 17.6 Å². The molecule has 2 aromatic carbocycles. The number of hydrogen-bond donors (Lipinski definition) is 2. The van der Waals surface area contributed by atoms with Gasteiger partial charge in [0.2, 0.25) is 0 Å². The molecule has 3 aromatic rings. The van der Waals surface area contributed by atoms with Crippen molar-refractivity contribution in [3.8, 4) is 5.75 Å². The predicted molar refractivity (Wildman–Crippen MR) is 122 cm³/mol. The number of amides is 2. The molecule has 2 N–H and O–H groups in total. The van der Waals surface area contributed by atoms with E-state index in [0.717, 1.165) is 22.6 Å². The second-order valence-corrected chi connectivity index (χ2v) is 8.66. The van der Waals surface area contributed by atoms with Crippen LogP contribution in [0, 0.1) is 0 Å². The number of nitrogens with zero attached hydrogens (tertiary/aromatic N) is 2. The Morgan fingerprint density at radius 1 is 1.25 bits per heavy atom. The highest BCUT2D eigenvalue weighted by Crippen LogP contribution is 2.42. The van der Waals surface area contributed by atoms with Crippen molar-refractivity contribution in [3.63, 3.8) is 0 Å². The minimum atomic E-state index is -1.08. The molecule has 1 aliphatic rings. The molecule has 32 heavy (non-hydrogen) atoms. The molecule has 0 saturated carbocycles. The van der Waals surface area contributed by atoms with Crippen molar-refractivity contribution in [2.45, 2.75) is 18.9 Å². The van der Waals surface area contributed by atoms with Gasteiger partial charge in [0.05, 0.1) is 22.1 Å². The number of carbonyl (C=O) groups excluding carboxylic acids is 1. The Kier molecular flexibility index (Phi) is 6.92. The number of carboxylic acid groups (broad SMARTS) is 1. The van der Waals surface area contributed by atoms with Crippen LogP contribution in [0.15, 0.2) is 54.0 Å². The number of carboxylic acids is 1. The maximum absolute atomic E-state index is 13.2. The third-order valence-corrected chi connectivity index (χ3v) is 6.39. The third kappa shape index (κ3) is 5.03. The van der Waals surface area contributed by atoms with E-state index in [4.69, 9.17) is 21.4 Å². The van der Waals surface area contributed by atoms with Gasteiger partial charge in [0.15, 0.2) is 6.61 Å². The zero-order valence-electron chi connectivity index (χ0n) is 17.2. The summed E-state index contributed by atoms with van der Waals surface area (Å²) in [5, 5.41) is 12.5. The molecule has 1 atom stereocenters. The van der Waals surface area contributed by atoms with E-state index in [1.54, 1.807) is 28.6 Å². The SMILES string of the molecule is O=C(O)COc1ccc(Cl)cc1C1c2scnc2CCN1C(=O)NCCc1ccccc1. The number of ether oxygens (including phenoxy) is 1. The topological polar surface area (TPSA) is 91.8 Å². The molecule has 1 aromatic heterocycles. The summed E-state index contributed by atoms with van der Waals surface area (Å²) in [7, 11) is 0. The average Bonchev–Trinajstić information content (AvgIpc) is 3.27. The van der Waals surface area contributed by atoms with E-state index in [9.17, 15) is 9.59 Å². The fraction of sp³-hybridized carbons (Fsp3) is 0.261. The van der Waals surface area contributed by atoms with Crippen molar-refractivity contribution >= 4 is 34.9 Å². The highest BCUT2D eigenvalue weighted by Gasteiger charge is 2.36. The summed E-state index contributed by atoms with van der Waals surface area (Å²) in [4.78, 5) is 31.4. The molecule has 1 aliphatic heterocycles. The lowest BCUT2D eigenvalue weighted by molar-refractivity contribution is -0.139. The molecule has 0 radical (unpaired) electrons. The Bertz CT molecular complexity index is 1110. The summed E-state index contributed by atoms with van der Waals surface area (Å²) in [5.41, 5.74) is 4.48. The molecule has 1 unspecified atom stereocenters. The summed E-state index contributed by atoms with van der Waals surface area (Å²) in [6, 6.07) is 14.3. The maximum Gasteiger partial charge on any atom is 0.341 e. The van der Waals surface area contributed by atoms with Gasteiger partial charge >= 0.3 is 12.0 Å².